The van der Waals surface area contributed by atoms with Crippen LogP contribution in [0.5, 0.6) is 0 Å². The maximum absolute atomic E-state index is 2.49. The fourth-order valence-electron chi connectivity index (χ4n) is 10.8. The summed E-state index contributed by atoms with van der Waals surface area (Å²) in [5, 5.41) is 7.18. The van der Waals surface area contributed by atoms with E-state index in [1.807, 2.05) is 0 Å². The molecule has 2 nitrogen and oxygen atoms in total. The number of hydrogen-bond donors (Lipinski definition) is 0. The van der Waals surface area contributed by atoms with Crippen molar-refractivity contribution in [2.75, 3.05) is 9.80 Å². The summed E-state index contributed by atoms with van der Waals surface area (Å²) in [6.45, 7) is 17.3. The van der Waals surface area contributed by atoms with Crippen molar-refractivity contribution in [1.29, 1.82) is 0 Å². The van der Waals surface area contributed by atoms with Crippen LogP contribution < -0.4 is 9.80 Å². The first-order valence-corrected chi connectivity index (χ1v) is 25.8. The van der Waals surface area contributed by atoms with Gasteiger partial charge in [0.15, 0.2) is 0 Å². The molecule has 0 atom stereocenters. The highest BCUT2D eigenvalue weighted by molar-refractivity contribution is 6.24. The zero-order chi connectivity index (χ0) is 50.6. The zero-order valence-electron chi connectivity index (χ0n) is 43.5. The van der Waals surface area contributed by atoms with Crippen LogP contribution >= 0.6 is 0 Å². The fourth-order valence-corrected chi connectivity index (χ4v) is 10.8. The van der Waals surface area contributed by atoms with Crippen molar-refractivity contribution in [2.45, 2.75) is 61.8 Å². The highest BCUT2D eigenvalue weighted by Gasteiger charge is 2.24. The van der Waals surface area contributed by atoms with Crippen LogP contribution in [-0.2, 0) is 0 Å². The Morgan fingerprint density at radius 1 is 0.370 bits per heavy atom. The third kappa shape index (κ3) is 9.57. The molecule has 0 aliphatic carbocycles. The smallest absolute Gasteiger partial charge is 0.0546 e. The molecule has 0 aliphatic rings. The largest absolute Gasteiger partial charge is 0.310 e. The standard InChI is InChI=1S/C71H64N2/c1-9-13-23-53(12-4)55-25-19-27-57(43-55)59-29-21-31-61(45-59)73(69-39-37-49(6)41-51(69)8)71-47-67-62-32-14-16-34-64(62)70(46-66(67)63-33-15-17-35-65(63)71)72(68-38-36-48(5)40-50(68)7)60-30-20-28-58(44-60)56-26-18-24-54(42-56)52(11-3)22-10-2/h10-47H,9H2,1-8H3. The van der Waals surface area contributed by atoms with Gasteiger partial charge >= 0.3 is 0 Å². The van der Waals surface area contributed by atoms with E-state index in [9.17, 15) is 0 Å². The van der Waals surface area contributed by atoms with Crippen molar-refractivity contribution in [3.05, 3.63) is 264 Å². The second-order valence-corrected chi connectivity index (χ2v) is 19.3. The summed E-state index contributed by atoms with van der Waals surface area (Å²) in [6, 6.07) is 72.6. The molecule has 0 N–H and O–H groups in total. The Labute approximate surface area is 433 Å². The van der Waals surface area contributed by atoms with Crippen LogP contribution in [0.4, 0.5) is 34.1 Å². The van der Waals surface area contributed by atoms with Gasteiger partial charge in [-0.25, -0.2) is 0 Å². The first-order valence-electron chi connectivity index (χ1n) is 25.8. The van der Waals surface area contributed by atoms with Crippen LogP contribution in [0.1, 0.15) is 67.5 Å². The number of hydrogen-bond acceptors (Lipinski definition) is 2. The van der Waals surface area contributed by atoms with Gasteiger partial charge in [-0.05, 0) is 193 Å². The number of nitrogens with zero attached hydrogens (tertiary/aromatic N) is 2. The number of benzene rings is 10. The summed E-state index contributed by atoms with van der Waals surface area (Å²) < 4.78 is 0. The van der Waals surface area contributed by atoms with Gasteiger partial charge in [-0.15, -0.1) is 0 Å². The van der Waals surface area contributed by atoms with Crippen LogP contribution in [0.25, 0.3) is 65.7 Å². The molecule has 0 heterocycles. The number of allylic oxidation sites excluding steroid dienone is 8. The third-order valence-electron chi connectivity index (χ3n) is 14.3. The molecule has 2 heteroatoms. The molecular weight excluding hydrogens is 881 g/mol. The average molecular weight is 945 g/mol. The van der Waals surface area contributed by atoms with Crippen molar-refractivity contribution in [3.8, 4) is 22.3 Å². The fraction of sp³-hybridized carbons (Fsp3) is 0.127. The van der Waals surface area contributed by atoms with E-state index in [4.69, 9.17) is 0 Å². The predicted molar refractivity (Wildman–Crippen MR) is 320 cm³/mol. The first-order chi connectivity index (χ1) is 35.7. The van der Waals surface area contributed by atoms with Gasteiger partial charge in [-0.2, -0.15) is 0 Å². The molecule has 10 rings (SSSR count). The Hall–Kier alpha value is -8.46. The van der Waals surface area contributed by atoms with Crippen molar-refractivity contribution in [1.82, 2.24) is 0 Å². The average Bonchev–Trinajstić information content (AvgIpc) is 3.42. The maximum atomic E-state index is 2.49. The SMILES string of the molecule is CC=CC(=CC)c1cccc(-c2cccc(N(c3ccc(C)cc3C)c3cc4c5ccccc5c(N(c5cccc(-c6cccc(C(C=CCC)=CC)c6)c5)c5ccc(C)cc5C)cc4c4ccccc34)c2)c1. The number of rotatable bonds is 13. The lowest BCUT2D eigenvalue weighted by atomic mass is 9.92. The summed E-state index contributed by atoms with van der Waals surface area (Å²) in [6.07, 6.45) is 14.1. The normalized spacial score (nSPS) is 12.2. The number of aryl methyl sites for hydroxylation is 4. The molecule has 0 aromatic heterocycles. The van der Waals surface area contributed by atoms with E-state index in [1.165, 1.54) is 99.1 Å². The summed E-state index contributed by atoms with van der Waals surface area (Å²) in [7, 11) is 0. The first kappa shape index (κ1) is 48.2. The molecule has 0 spiro atoms. The molecule has 0 saturated carbocycles. The topological polar surface area (TPSA) is 6.48 Å². The molecule has 358 valence electrons. The van der Waals surface area contributed by atoms with Gasteiger partial charge < -0.3 is 9.80 Å². The van der Waals surface area contributed by atoms with Gasteiger partial charge in [0.1, 0.15) is 0 Å². The molecular formula is C71H64N2. The van der Waals surface area contributed by atoms with Gasteiger partial charge in [0.2, 0.25) is 0 Å². The zero-order valence-corrected chi connectivity index (χ0v) is 43.5. The minimum absolute atomic E-state index is 1.000. The quantitative estimate of drug-likeness (QED) is 0.0839. The third-order valence-corrected chi connectivity index (χ3v) is 14.3. The Morgan fingerprint density at radius 3 is 1.19 bits per heavy atom. The van der Waals surface area contributed by atoms with E-state index in [2.05, 4.69) is 296 Å². The molecule has 73 heavy (non-hydrogen) atoms. The molecule has 0 fully saturated rings. The van der Waals surface area contributed by atoms with Crippen molar-refractivity contribution in [3.63, 3.8) is 0 Å². The lowest BCUT2D eigenvalue weighted by Crippen LogP contribution is -2.13. The molecule has 10 aromatic rings. The highest BCUT2D eigenvalue weighted by Crippen LogP contribution is 2.49. The molecule has 0 amide bonds. The van der Waals surface area contributed by atoms with E-state index in [1.54, 1.807) is 0 Å². The van der Waals surface area contributed by atoms with E-state index >= 15 is 0 Å². The second-order valence-electron chi connectivity index (χ2n) is 19.3. The van der Waals surface area contributed by atoms with E-state index in [0.717, 1.165) is 40.5 Å². The van der Waals surface area contributed by atoms with Crippen LogP contribution in [0.2, 0.25) is 0 Å². The Bertz CT molecular complexity index is 3820. The Morgan fingerprint density at radius 2 is 0.781 bits per heavy atom. The minimum atomic E-state index is 1.000. The number of fused-ring (bicyclic) bond motifs is 5. The van der Waals surface area contributed by atoms with Crippen LogP contribution in [0.3, 0.4) is 0 Å². The number of anilines is 6. The second kappa shape index (κ2) is 21.1. The van der Waals surface area contributed by atoms with E-state index in [-0.39, 0.29) is 0 Å². The van der Waals surface area contributed by atoms with Gasteiger partial charge in [0, 0.05) is 33.5 Å². The molecule has 0 saturated heterocycles. The molecule has 0 unspecified atom stereocenters. The van der Waals surface area contributed by atoms with Gasteiger partial charge in [-0.1, -0.05) is 188 Å². The highest BCUT2D eigenvalue weighted by atomic mass is 15.2. The molecule has 0 aliphatic heterocycles. The predicted octanol–water partition coefficient (Wildman–Crippen LogP) is 21.0. The van der Waals surface area contributed by atoms with Gasteiger partial charge in [0.05, 0.1) is 11.4 Å². The van der Waals surface area contributed by atoms with Crippen molar-refractivity contribution in [2.24, 2.45) is 0 Å². The van der Waals surface area contributed by atoms with Crippen LogP contribution in [0.15, 0.2) is 231 Å². The summed E-state index contributed by atoms with van der Waals surface area (Å²) >= 11 is 0. The van der Waals surface area contributed by atoms with E-state index in [0.29, 0.717) is 0 Å². The molecule has 0 radical (unpaired) electrons. The van der Waals surface area contributed by atoms with Crippen LogP contribution in [0, 0.1) is 27.7 Å². The monoisotopic (exact) mass is 945 g/mol. The maximum Gasteiger partial charge on any atom is 0.0546 e. The van der Waals surface area contributed by atoms with Crippen molar-refractivity contribution >= 4 is 77.6 Å². The Balaban J connectivity index is 1.20. The molecule has 0 bridgehead atoms. The summed E-state index contributed by atoms with van der Waals surface area (Å²) in [5.74, 6) is 0. The molecule has 10 aromatic carbocycles. The van der Waals surface area contributed by atoms with Crippen LogP contribution in [-0.4, -0.2) is 0 Å². The summed E-state index contributed by atoms with van der Waals surface area (Å²) in [5.41, 5.74) is 21.3. The lowest BCUT2D eigenvalue weighted by Gasteiger charge is -2.31. The minimum Gasteiger partial charge on any atom is -0.310 e. The Kier molecular flexibility index (Phi) is 13.9. The van der Waals surface area contributed by atoms with Gasteiger partial charge in [0.25, 0.3) is 0 Å². The lowest BCUT2D eigenvalue weighted by molar-refractivity contribution is 1.22. The van der Waals surface area contributed by atoms with E-state index < -0.39 is 0 Å². The van der Waals surface area contributed by atoms with Gasteiger partial charge in [-0.3, -0.25) is 0 Å². The van der Waals surface area contributed by atoms with Crippen molar-refractivity contribution < 1.29 is 0 Å². The summed E-state index contributed by atoms with van der Waals surface area (Å²) in [4.78, 5) is 4.99.